The number of hydrogen-bond acceptors (Lipinski definition) is 0. The molecule has 0 heteroatoms. The first-order chi connectivity index (χ1) is 5.31. The smallest absolute Gasteiger partial charge is 0.0349 e. The highest BCUT2D eigenvalue weighted by Crippen LogP contribution is 1.95. The highest BCUT2D eigenvalue weighted by atomic mass is 13.8. The quantitative estimate of drug-likeness (QED) is 0.513. The second kappa shape index (κ2) is 22.7. The van der Waals surface area contributed by atoms with Gasteiger partial charge in [0.1, 0.15) is 0 Å². The van der Waals surface area contributed by atoms with Crippen molar-refractivity contribution in [2.75, 3.05) is 0 Å². The molecular formula is C11H24. The van der Waals surface area contributed by atoms with Crippen LogP contribution in [0.4, 0.5) is 0 Å². The molecule has 0 N–H and O–H groups in total. The number of hydrogen-bond donors (Lipinski definition) is 0. The molecule has 0 aromatic heterocycles. The third-order valence-corrected chi connectivity index (χ3v) is 0.960. The summed E-state index contributed by atoms with van der Waals surface area (Å²) in [5.41, 5.74) is 1.38. The summed E-state index contributed by atoms with van der Waals surface area (Å²) in [5.74, 6) is 0. The van der Waals surface area contributed by atoms with Gasteiger partial charge in [0.05, 0.1) is 0 Å². The van der Waals surface area contributed by atoms with Crippen LogP contribution in [0.1, 0.15) is 48.0 Å². The van der Waals surface area contributed by atoms with Crippen molar-refractivity contribution >= 4 is 0 Å². The van der Waals surface area contributed by atoms with Gasteiger partial charge >= 0.3 is 0 Å². The van der Waals surface area contributed by atoms with E-state index in [1.54, 1.807) is 0 Å². The molecule has 0 spiro atoms. The molecule has 0 rings (SSSR count). The van der Waals surface area contributed by atoms with Gasteiger partial charge in [0.2, 0.25) is 0 Å². The van der Waals surface area contributed by atoms with Crippen LogP contribution in [-0.4, -0.2) is 0 Å². The molecule has 0 saturated heterocycles. The van der Waals surface area contributed by atoms with E-state index in [0.29, 0.717) is 0 Å². The molecule has 0 radical (unpaired) electrons. The Morgan fingerprint density at radius 1 is 1.18 bits per heavy atom. The molecule has 0 amide bonds. The van der Waals surface area contributed by atoms with Crippen molar-refractivity contribution in [1.29, 1.82) is 0 Å². The predicted octanol–water partition coefficient (Wildman–Crippen LogP) is 4.58. The zero-order valence-electron chi connectivity index (χ0n) is 9.07. The van der Waals surface area contributed by atoms with E-state index in [0.717, 1.165) is 6.42 Å². The fraction of sp³-hybridized carbons (Fsp3) is 0.636. The van der Waals surface area contributed by atoms with Crippen LogP contribution in [0, 0.1) is 0 Å². The van der Waals surface area contributed by atoms with Crippen LogP contribution in [0.5, 0.6) is 0 Å². The lowest BCUT2D eigenvalue weighted by molar-refractivity contribution is 1.10. The van der Waals surface area contributed by atoms with Crippen molar-refractivity contribution in [3.63, 3.8) is 0 Å². The molecule has 0 atom stereocenters. The fourth-order valence-electron chi connectivity index (χ4n) is 0.319. The van der Waals surface area contributed by atoms with E-state index in [1.807, 2.05) is 39.8 Å². The van der Waals surface area contributed by atoms with Gasteiger partial charge in [-0.3, -0.25) is 0 Å². The first-order valence-electron chi connectivity index (χ1n) is 4.59. The molecule has 0 aliphatic rings. The van der Waals surface area contributed by atoms with Crippen molar-refractivity contribution in [1.82, 2.24) is 0 Å². The standard InChI is InChI=1S/C7H12.2C2H6/c1-4-6-7(3)5-2;2*1-2/h4,6H,1,5H2,2-3H3;2*1-2H3/b7-6+;;. The van der Waals surface area contributed by atoms with Gasteiger partial charge in [0.25, 0.3) is 0 Å². The molecule has 0 fully saturated rings. The van der Waals surface area contributed by atoms with Crippen LogP contribution in [0.15, 0.2) is 24.3 Å². The molecule has 0 saturated carbocycles. The Morgan fingerprint density at radius 2 is 1.55 bits per heavy atom. The van der Waals surface area contributed by atoms with Crippen LogP contribution in [0.2, 0.25) is 0 Å². The SMILES string of the molecule is C=C/C=C(\C)CC.CC.CC. The first kappa shape index (κ1) is 16.8. The van der Waals surface area contributed by atoms with E-state index < -0.39 is 0 Å². The maximum Gasteiger partial charge on any atom is -0.0349 e. The Hall–Kier alpha value is -0.520. The second-order valence-corrected chi connectivity index (χ2v) is 1.60. The summed E-state index contributed by atoms with van der Waals surface area (Å²) in [4.78, 5) is 0. The average Bonchev–Trinajstić information content (AvgIpc) is 2.12. The lowest BCUT2D eigenvalue weighted by Crippen LogP contribution is -1.65. The molecular weight excluding hydrogens is 132 g/mol. The van der Waals surface area contributed by atoms with Crippen molar-refractivity contribution in [2.45, 2.75) is 48.0 Å². The van der Waals surface area contributed by atoms with Gasteiger partial charge in [-0.05, 0) is 13.3 Å². The Morgan fingerprint density at radius 3 is 1.64 bits per heavy atom. The molecule has 0 aliphatic carbocycles. The van der Waals surface area contributed by atoms with E-state index in [-0.39, 0.29) is 0 Å². The van der Waals surface area contributed by atoms with Gasteiger partial charge in [-0.25, -0.2) is 0 Å². The van der Waals surface area contributed by atoms with E-state index in [4.69, 9.17) is 0 Å². The van der Waals surface area contributed by atoms with Gasteiger partial charge in [-0.2, -0.15) is 0 Å². The lowest BCUT2D eigenvalue weighted by Gasteiger charge is -1.86. The predicted molar refractivity (Wildman–Crippen MR) is 56.9 cm³/mol. The first-order valence-corrected chi connectivity index (χ1v) is 4.59. The maximum atomic E-state index is 3.57. The van der Waals surface area contributed by atoms with Gasteiger partial charge in [-0.15, -0.1) is 0 Å². The molecule has 0 aromatic rings. The Labute approximate surface area is 73.0 Å². The van der Waals surface area contributed by atoms with Crippen LogP contribution < -0.4 is 0 Å². The molecule has 0 bridgehead atoms. The van der Waals surface area contributed by atoms with Crippen LogP contribution >= 0.6 is 0 Å². The van der Waals surface area contributed by atoms with Crippen LogP contribution in [0.25, 0.3) is 0 Å². The van der Waals surface area contributed by atoms with Crippen LogP contribution in [-0.2, 0) is 0 Å². The van der Waals surface area contributed by atoms with Crippen molar-refractivity contribution in [3.05, 3.63) is 24.3 Å². The molecule has 0 aliphatic heterocycles. The summed E-state index contributed by atoms with van der Waals surface area (Å²) in [6, 6.07) is 0. The Kier molecular flexibility index (Phi) is 34.7. The topological polar surface area (TPSA) is 0 Å². The molecule has 0 nitrogen and oxygen atoms in total. The fourth-order valence-corrected chi connectivity index (χ4v) is 0.319. The molecule has 11 heavy (non-hydrogen) atoms. The van der Waals surface area contributed by atoms with Gasteiger partial charge in [0, 0.05) is 0 Å². The number of rotatable bonds is 2. The minimum Gasteiger partial charge on any atom is -0.0991 e. The largest absolute Gasteiger partial charge is 0.0991 e. The minimum atomic E-state index is 1.13. The van der Waals surface area contributed by atoms with Gasteiger partial charge in [0.15, 0.2) is 0 Å². The summed E-state index contributed by atoms with van der Waals surface area (Å²) < 4.78 is 0. The van der Waals surface area contributed by atoms with Gasteiger partial charge in [-0.1, -0.05) is 58.9 Å². The summed E-state index contributed by atoms with van der Waals surface area (Å²) in [6.45, 7) is 15.8. The maximum absolute atomic E-state index is 3.57. The highest BCUT2D eigenvalue weighted by molar-refractivity contribution is 5.06. The number of allylic oxidation sites excluding steroid dienone is 3. The van der Waals surface area contributed by atoms with E-state index in [9.17, 15) is 0 Å². The molecule has 0 heterocycles. The monoisotopic (exact) mass is 156 g/mol. The minimum absolute atomic E-state index is 1.13. The van der Waals surface area contributed by atoms with Crippen molar-refractivity contribution < 1.29 is 0 Å². The van der Waals surface area contributed by atoms with E-state index in [1.165, 1.54) is 5.57 Å². The van der Waals surface area contributed by atoms with Crippen LogP contribution in [0.3, 0.4) is 0 Å². The Balaban J connectivity index is -0.000000138. The average molecular weight is 156 g/mol. The normalized spacial score (nSPS) is 8.36. The molecule has 0 aromatic carbocycles. The van der Waals surface area contributed by atoms with E-state index >= 15 is 0 Å². The second-order valence-electron chi connectivity index (χ2n) is 1.60. The molecule has 68 valence electrons. The third-order valence-electron chi connectivity index (χ3n) is 0.960. The lowest BCUT2D eigenvalue weighted by atomic mass is 10.2. The summed E-state index contributed by atoms with van der Waals surface area (Å²) in [5, 5.41) is 0. The summed E-state index contributed by atoms with van der Waals surface area (Å²) >= 11 is 0. The summed E-state index contributed by atoms with van der Waals surface area (Å²) in [7, 11) is 0. The summed E-state index contributed by atoms with van der Waals surface area (Å²) in [6.07, 6.45) is 4.98. The third kappa shape index (κ3) is 26.4. The van der Waals surface area contributed by atoms with E-state index in [2.05, 4.69) is 20.4 Å². The Bertz CT molecular complexity index is 78.0. The van der Waals surface area contributed by atoms with Crippen molar-refractivity contribution in [2.24, 2.45) is 0 Å². The van der Waals surface area contributed by atoms with Crippen molar-refractivity contribution in [3.8, 4) is 0 Å². The zero-order chi connectivity index (χ0) is 9.70. The molecule has 0 unspecified atom stereocenters. The highest BCUT2D eigenvalue weighted by Gasteiger charge is 1.74. The van der Waals surface area contributed by atoms with Gasteiger partial charge < -0.3 is 0 Å². The zero-order valence-corrected chi connectivity index (χ0v) is 9.07.